The minimum absolute atomic E-state index is 0.00576. The molecule has 0 bridgehead atoms. The van der Waals surface area contributed by atoms with E-state index in [1.807, 2.05) is 18.2 Å². The van der Waals surface area contributed by atoms with Crippen LogP contribution in [-0.2, 0) is 15.1 Å². The summed E-state index contributed by atoms with van der Waals surface area (Å²) < 4.78 is 0. The van der Waals surface area contributed by atoms with Crippen LogP contribution in [0.3, 0.4) is 0 Å². The summed E-state index contributed by atoms with van der Waals surface area (Å²) in [5, 5.41) is 6.20. The SMILES string of the molecule is CC(=O)NC1(c2ccccc2)CCN(CC(=O)NC2CC2)CC1. The zero-order chi connectivity index (χ0) is 16.3. The van der Waals surface area contributed by atoms with Crippen molar-refractivity contribution in [1.29, 1.82) is 0 Å². The van der Waals surface area contributed by atoms with Gasteiger partial charge in [0.25, 0.3) is 0 Å². The predicted molar refractivity (Wildman–Crippen MR) is 88.8 cm³/mol. The number of nitrogens with one attached hydrogen (secondary N) is 2. The monoisotopic (exact) mass is 315 g/mol. The van der Waals surface area contributed by atoms with E-state index >= 15 is 0 Å². The second-order valence-electron chi connectivity index (χ2n) is 6.75. The van der Waals surface area contributed by atoms with Crippen LogP contribution in [-0.4, -0.2) is 42.4 Å². The van der Waals surface area contributed by atoms with E-state index in [-0.39, 0.29) is 17.4 Å². The van der Waals surface area contributed by atoms with E-state index in [0.717, 1.165) is 44.3 Å². The first-order valence-corrected chi connectivity index (χ1v) is 8.43. The van der Waals surface area contributed by atoms with Crippen molar-refractivity contribution in [2.75, 3.05) is 19.6 Å². The molecule has 0 unspecified atom stereocenters. The zero-order valence-corrected chi connectivity index (χ0v) is 13.7. The van der Waals surface area contributed by atoms with E-state index < -0.39 is 0 Å². The second-order valence-corrected chi connectivity index (χ2v) is 6.75. The molecule has 0 aromatic heterocycles. The Bertz CT molecular complexity index is 561. The van der Waals surface area contributed by atoms with Crippen molar-refractivity contribution < 1.29 is 9.59 Å². The second kappa shape index (κ2) is 6.71. The van der Waals surface area contributed by atoms with Crippen molar-refractivity contribution in [1.82, 2.24) is 15.5 Å². The average Bonchev–Trinajstić information content (AvgIpc) is 3.33. The van der Waals surface area contributed by atoms with Crippen LogP contribution >= 0.6 is 0 Å². The summed E-state index contributed by atoms with van der Waals surface area (Å²) in [6.45, 7) is 3.65. The van der Waals surface area contributed by atoms with Crippen LogP contribution in [0.2, 0.25) is 0 Å². The van der Waals surface area contributed by atoms with Crippen molar-refractivity contribution in [2.45, 2.75) is 44.2 Å². The van der Waals surface area contributed by atoms with Crippen LogP contribution in [0.5, 0.6) is 0 Å². The number of hydrogen-bond donors (Lipinski definition) is 2. The van der Waals surface area contributed by atoms with E-state index in [4.69, 9.17) is 0 Å². The number of carbonyl (C=O) groups excluding carboxylic acids is 2. The smallest absolute Gasteiger partial charge is 0.234 e. The van der Waals surface area contributed by atoms with Crippen LogP contribution < -0.4 is 10.6 Å². The van der Waals surface area contributed by atoms with Crippen molar-refractivity contribution in [2.24, 2.45) is 0 Å². The fraction of sp³-hybridized carbons (Fsp3) is 0.556. The maximum Gasteiger partial charge on any atom is 0.234 e. The van der Waals surface area contributed by atoms with Gasteiger partial charge in [0.15, 0.2) is 0 Å². The fourth-order valence-corrected chi connectivity index (χ4v) is 3.38. The molecule has 2 aliphatic rings. The third kappa shape index (κ3) is 4.10. The molecule has 2 amide bonds. The average molecular weight is 315 g/mol. The topological polar surface area (TPSA) is 61.4 Å². The van der Waals surface area contributed by atoms with E-state index in [1.54, 1.807) is 6.92 Å². The predicted octanol–water partition coefficient (Wildman–Crippen LogP) is 1.39. The van der Waals surface area contributed by atoms with Gasteiger partial charge in [0, 0.05) is 26.1 Å². The number of benzene rings is 1. The van der Waals surface area contributed by atoms with Gasteiger partial charge in [-0.25, -0.2) is 0 Å². The molecule has 1 saturated carbocycles. The molecule has 124 valence electrons. The minimum atomic E-state index is -0.309. The molecule has 1 aromatic carbocycles. The summed E-state index contributed by atoms with van der Waals surface area (Å²) in [5.41, 5.74) is 0.841. The third-order valence-corrected chi connectivity index (χ3v) is 4.76. The van der Waals surface area contributed by atoms with Crippen LogP contribution in [0, 0.1) is 0 Å². The summed E-state index contributed by atoms with van der Waals surface area (Å²) in [7, 11) is 0. The molecule has 23 heavy (non-hydrogen) atoms. The molecule has 5 nitrogen and oxygen atoms in total. The highest BCUT2D eigenvalue weighted by atomic mass is 16.2. The third-order valence-electron chi connectivity index (χ3n) is 4.76. The molecule has 3 rings (SSSR count). The van der Waals surface area contributed by atoms with Crippen LogP contribution in [0.1, 0.15) is 38.2 Å². The van der Waals surface area contributed by atoms with Crippen molar-refractivity contribution in [3.63, 3.8) is 0 Å². The maximum atomic E-state index is 11.9. The van der Waals surface area contributed by atoms with Gasteiger partial charge in [0.2, 0.25) is 11.8 Å². The fourth-order valence-electron chi connectivity index (χ4n) is 3.38. The largest absolute Gasteiger partial charge is 0.352 e. The van der Waals surface area contributed by atoms with Gasteiger partial charge in [-0.2, -0.15) is 0 Å². The number of carbonyl (C=O) groups is 2. The summed E-state index contributed by atoms with van der Waals surface area (Å²) in [5.74, 6) is 0.119. The molecule has 2 N–H and O–H groups in total. The van der Waals surface area contributed by atoms with E-state index in [9.17, 15) is 9.59 Å². The summed E-state index contributed by atoms with van der Waals surface area (Å²) in [6, 6.07) is 10.6. The Balaban J connectivity index is 1.62. The van der Waals surface area contributed by atoms with Gasteiger partial charge in [0.1, 0.15) is 0 Å². The van der Waals surface area contributed by atoms with Crippen LogP contribution in [0.4, 0.5) is 0 Å². The van der Waals surface area contributed by atoms with Gasteiger partial charge in [-0.1, -0.05) is 30.3 Å². The molecular weight excluding hydrogens is 290 g/mol. The Labute approximate surface area is 137 Å². The Morgan fingerprint density at radius 2 is 1.83 bits per heavy atom. The molecular formula is C18H25N3O2. The van der Waals surface area contributed by atoms with Crippen molar-refractivity contribution in [3.05, 3.63) is 35.9 Å². The number of hydrogen-bond acceptors (Lipinski definition) is 3. The highest BCUT2D eigenvalue weighted by Crippen LogP contribution is 2.33. The molecule has 0 radical (unpaired) electrons. The molecule has 5 heteroatoms. The van der Waals surface area contributed by atoms with Gasteiger partial charge in [-0.15, -0.1) is 0 Å². The number of amides is 2. The van der Waals surface area contributed by atoms with Gasteiger partial charge >= 0.3 is 0 Å². The lowest BCUT2D eigenvalue weighted by molar-refractivity contribution is -0.124. The molecule has 0 atom stereocenters. The minimum Gasteiger partial charge on any atom is -0.352 e. The lowest BCUT2D eigenvalue weighted by Gasteiger charge is -2.42. The first-order chi connectivity index (χ1) is 11.1. The standard InChI is InChI=1S/C18H25N3O2/c1-14(22)20-18(15-5-3-2-4-6-15)9-11-21(12-10-18)13-17(23)19-16-7-8-16/h2-6,16H,7-13H2,1H3,(H,19,23)(H,20,22). The summed E-state index contributed by atoms with van der Waals surface area (Å²) in [6.07, 6.45) is 3.89. The highest BCUT2D eigenvalue weighted by Gasteiger charge is 2.37. The van der Waals surface area contributed by atoms with E-state index in [2.05, 4.69) is 27.7 Å². The van der Waals surface area contributed by atoms with Gasteiger partial charge in [-0.3, -0.25) is 14.5 Å². The van der Waals surface area contributed by atoms with Crippen molar-refractivity contribution >= 4 is 11.8 Å². The van der Waals surface area contributed by atoms with Crippen LogP contribution in [0.25, 0.3) is 0 Å². The van der Waals surface area contributed by atoms with Gasteiger partial charge in [-0.05, 0) is 31.2 Å². The Morgan fingerprint density at radius 1 is 1.17 bits per heavy atom. The van der Waals surface area contributed by atoms with E-state index in [0.29, 0.717) is 12.6 Å². The van der Waals surface area contributed by atoms with Gasteiger partial charge < -0.3 is 10.6 Å². The molecule has 1 aliphatic heterocycles. The lowest BCUT2D eigenvalue weighted by atomic mass is 9.80. The van der Waals surface area contributed by atoms with Crippen molar-refractivity contribution in [3.8, 4) is 0 Å². The quantitative estimate of drug-likeness (QED) is 0.863. The number of likely N-dealkylation sites (tertiary alicyclic amines) is 1. The molecule has 1 heterocycles. The van der Waals surface area contributed by atoms with Crippen LogP contribution in [0.15, 0.2) is 30.3 Å². The molecule has 2 fully saturated rings. The van der Waals surface area contributed by atoms with Gasteiger partial charge in [0.05, 0.1) is 12.1 Å². The number of nitrogens with zero attached hydrogens (tertiary/aromatic N) is 1. The Hall–Kier alpha value is -1.88. The highest BCUT2D eigenvalue weighted by molar-refractivity contribution is 5.78. The molecule has 1 aliphatic carbocycles. The molecule has 1 saturated heterocycles. The number of rotatable bonds is 5. The normalized spacial score (nSPS) is 20.7. The zero-order valence-electron chi connectivity index (χ0n) is 13.7. The lowest BCUT2D eigenvalue weighted by Crippen LogP contribution is -2.53. The Kier molecular flexibility index (Phi) is 4.66. The summed E-state index contributed by atoms with van der Waals surface area (Å²) >= 11 is 0. The first-order valence-electron chi connectivity index (χ1n) is 8.43. The molecule has 1 aromatic rings. The molecule has 0 spiro atoms. The number of piperidine rings is 1. The Morgan fingerprint density at radius 3 is 2.39 bits per heavy atom. The van der Waals surface area contributed by atoms with E-state index in [1.165, 1.54) is 0 Å². The summed E-state index contributed by atoms with van der Waals surface area (Å²) in [4.78, 5) is 25.8. The first kappa shape index (κ1) is 16.0. The maximum absolute atomic E-state index is 11.9.